The monoisotopic (exact) mass is 923 g/mol. The molecule has 0 saturated heterocycles. The van der Waals surface area contributed by atoms with Crippen molar-refractivity contribution in [1.82, 2.24) is 44.4 Å². The average Bonchev–Trinajstić information content (AvgIpc) is 4.23. The molecule has 9 aromatic rings. The molecule has 0 radical (unpaired) electrons. The molecule has 5 heterocycles. The number of halogens is 4. The Kier molecular flexibility index (Phi) is 11.6. The van der Waals surface area contributed by atoms with Crippen LogP contribution < -0.4 is 21.3 Å². The Bertz CT molecular complexity index is 3340. The lowest BCUT2D eigenvalue weighted by Crippen LogP contribution is -2.25. The van der Waals surface area contributed by atoms with Gasteiger partial charge in [-0.05, 0) is 98.3 Å². The van der Waals surface area contributed by atoms with E-state index in [-0.39, 0.29) is 35.5 Å². The molecule has 2 aliphatic carbocycles. The third kappa shape index (κ3) is 8.79. The van der Waals surface area contributed by atoms with Crippen molar-refractivity contribution in [2.24, 2.45) is 0 Å². The first-order valence-corrected chi connectivity index (χ1v) is 22.4. The summed E-state index contributed by atoms with van der Waals surface area (Å²) < 4.78 is 32.1. The SMILES string of the molecule is CCCNc1nc2ccc(F)cc2n2c(-c3ccc(C(=O)NC4CC4)c(Cl)c3)cnc12.O=C(NC1CC1)c1ccc(-c2cnc3c(NCc4ccncc4)nc4ccc(F)cc4n23)cc1Cl. The van der Waals surface area contributed by atoms with Crippen LogP contribution in [0.2, 0.25) is 10.0 Å². The lowest BCUT2D eigenvalue weighted by molar-refractivity contribution is 0.0942. The number of nitrogens with zero attached hydrogens (tertiary/aromatic N) is 7. The van der Waals surface area contributed by atoms with Crippen molar-refractivity contribution in [3.63, 3.8) is 0 Å². The number of benzene rings is 4. The Balaban J connectivity index is 0.000000156. The van der Waals surface area contributed by atoms with Gasteiger partial charge in [0, 0.05) is 60.8 Å². The normalized spacial score (nSPS) is 13.5. The predicted molar refractivity (Wildman–Crippen MR) is 253 cm³/mol. The van der Waals surface area contributed by atoms with Crippen molar-refractivity contribution in [3.8, 4) is 22.5 Å². The number of rotatable bonds is 12. The van der Waals surface area contributed by atoms with E-state index in [2.05, 4.69) is 48.1 Å². The molecule has 0 spiro atoms. The summed E-state index contributed by atoms with van der Waals surface area (Å²) in [6.07, 6.45) is 11.8. The van der Waals surface area contributed by atoms with Crippen LogP contribution in [0.25, 0.3) is 55.9 Å². The number of anilines is 2. The zero-order valence-electron chi connectivity index (χ0n) is 35.5. The number of carbonyl (C=O) groups excluding carboxylic acids is 2. The van der Waals surface area contributed by atoms with Crippen LogP contribution in [0.3, 0.4) is 0 Å². The summed E-state index contributed by atoms with van der Waals surface area (Å²) in [5.41, 5.74) is 8.49. The topological polar surface area (TPSA) is 156 Å². The lowest BCUT2D eigenvalue weighted by Gasteiger charge is -2.12. The van der Waals surface area contributed by atoms with E-state index >= 15 is 0 Å². The minimum absolute atomic E-state index is 0.167. The number of pyridine rings is 1. The Morgan fingerprint density at radius 3 is 1.59 bits per heavy atom. The minimum atomic E-state index is -0.372. The highest BCUT2D eigenvalue weighted by Crippen LogP contribution is 2.34. The Morgan fingerprint density at radius 1 is 0.652 bits per heavy atom. The lowest BCUT2D eigenvalue weighted by atomic mass is 10.1. The van der Waals surface area contributed by atoms with E-state index in [4.69, 9.17) is 28.2 Å². The molecule has 11 rings (SSSR count). The number of hydrogen-bond acceptors (Lipinski definition) is 9. The molecule has 2 amide bonds. The van der Waals surface area contributed by atoms with Gasteiger partial charge in [0.1, 0.15) is 11.6 Å². The van der Waals surface area contributed by atoms with Gasteiger partial charge in [0.2, 0.25) is 0 Å². The van der Waals surface area contributed by atoms with E-state index in [1.54, 1.807) is 61.2 Å². The van der Waals surface area contributed by atoms with Gasteiger partial charge in [-0.2, -0.15) is 0 Å². The maximum atomic E-state index is 14.2. The van der Waals surface area contributed by atoms with E-state index in [0.29, 0.717) is 78.4 Å². The van der Waals surface area contributed by atoms with Crippen molar-refractivity contribution >= 4 is 80.0 Å². The van der Waals surface area contributed by atoms with Crippen LogP contribution in [0.4, 0.5) is 20.4 Å². The van der Waals surface area contributed by atoms with E-state index in [1.807, 2.05) is 33.1 Å². The molecule has 4 aromatic carbocycles. The number of amides is 2. The van der Waals surface area contributed by atoms with Crippen LogP contribution >= 0.6 is 23.2 Å². The highest BCUT2D eigenvalue weighted by Gasteiger charge is 2.27. The highest BCUT2D eigenvalue weighted by molar-refractivity contribution is 6.34. The zero-order valence-corrected chi connectivity index (χ0v) is 37.0. The summed E-state index contributed by atoms with van der Waals surface area (Å²) in [6, 6.07) is 23.9. The molecule has 0 unspecified atom stereocenters. The van der Waals surface area contributed by atoms with E-state index in [9.17, 15) is 18.4 Å². The number of fused-ring (bicyclic) bond motifs is 6. The fraction of sp³-hybridized carbons (Fsp3) is 0.204. The Labute approximate surface area is 386 Å². The third-order valence-electron chi connectivity index (χ3n) is 11.4. The number of hydrogen-bond donors (Lipinski definition) is 4. The molecule has 2 saturated carbocycles. The minimum Gasteiger partial charge on any atom is -0.367 e. The van der Waals surface area contributed by atoms with Crippen molar-refractivity contribution in [1.29, 1.82) is 0 Å². The predicted octanol–water partition coefficient (Wildman–Crippen LogP) is 10.3. The van der Waals surface area contributed by atoms with Crippen LogP contribution in [-0.4, -0.2) is 64.2 Å². The molecule has 66 heavy (non-hydrogen) atoms. The molecule has 0 atom stereocenters. The average molecular weight is 925 g/mol. The fourth-order valence-corrected chi connectivity index (χ4v) is 8.21. The highest BCUT2D eigenvalue weighted by atomic mass is 35.5. The van der Waals surface area contributed by atoms with E-state index < -0.39 is 0 Å². The van der Waals surface area contributed by atoms with Crippen LogP contribution in [0.15, 0.2) is 110 Å². The van der Waals surface area contributed by atoms with Gasteiger partial charge in [0.15, 0.2) is 22.9 Å². The molecule has 0 aliphatic heterocycles. The number of imidazole rings is 2. The zero-order chi connectivity index (χ0) is 45.5. The maximum absolute atomic E-state index is 14.2. The fourth-order valence-electron chi connectivity index (χ4n) is 7.68. The van der Waals surface area contributed by atoms with Crippen molar-refractivity contribution < 1.29 is 18.4 Å². The van der Waals surface area contributed by atoms with Gasteiger partial charge >= 0.3 is 0 Å². The standard InChI is InChI=1S/C26H20ClFN6O.C23H21ClFN5O/c27-20-11-16(1-5-19(20)26(35)32-18-3-4-18)23-14-31-25-24(30-13-15-7-9-29-10-8-15)33-21-6-2-17(28)12-22(21)34(23)25;1-2-9-26-21-22-27-12-20(30(22)19-11-14(25)4-8-18(19)29-21)13-3-7-16(17(24)10-13)23(31)28-15-5-6-15/h1-2,5-12,14,18H,3-4,13H2,(H,30,33)(H,32,35);3-4,7-8,10-12,15H,2,5-6,9H2,1H3,(H,26,29)(H,28,31). The van der Waals surface area contributed by atoms with Gasteiger partial charge in [0.25, 0.3) is 11.8 Å². The summed E-state index contributed by atoms with van der Waals surface area (Å²) in [5.74, 6) is 0.136. The van der Waals surface area contributed by atoms with Gasteiger partial charge in [-0.15, -0.1) is 0 Å². The molecule has 2 fully saturated rings. The molecule has 332 valence electrons. The molecular formula is C49H41Cl2F2N11O2. The quantitative estimate of drug-likeness (QED) is 0.0937. The van der Waals surface area contributed by atoms with Gasteiger partial charge in [-0.25, -0.2) is 28.7 Å². The first kappa shape index (κ1) is 42.7. The third-order valence-corrected chi connectivity index (χ3v) is 12.0. The summed E-state index contributed by atoms with van der Waals surface area (Å²) in [4.78, 5) is 47.4. The maximum Gasteiger partial charge on any atom is 0.253 e. The van der Waals surface area contributed by atoms with Crippen LogP contribution in [0.1, 0.15) is 65.3 Å². The summed E-state index contributed by atoms with van der Waals surface area (Å²) in [5, 5.41) is 13.3. The molecular weight excluding hydrogens is 884 g/mol. The van der Waals surface area contributed by atoms with Crippen molar-refractivity contribution in [2.45, 2.75) is 57.7 Å². The second-order valence-electron chi connectivity index (χ2n) is 16.3. The largest absolute Gasteiger partial charge is 0.367 e. The van der Waals surface area contributed by atoms with Gasteiger partial charge in [-0.3, -0.25) is 23.4 Å². The Hall–Kier alpha value is -7.23. The van der Waals surface area contributed by atoms with Crippen molar-refractivity contribution in [2.75, 3.05) is 17.2 Å². The summed E-state index contributed by atoms with van der Waals surface area (Å²) in [7, 11) is 0. The first-order chi connectivity index (χ1) is 32.1. The van der Waals surface area contributed by atoms with Gasteiger partial charge in [-0.1, -0.05) is 42.3 Å². The smallest absolute Gasteiger partial charge is 0.253 e. The molecule has 2 aliphatic rings. The molecule has 0 bridgehead atoms. The van der Waals surface area contributed by atoms with Crippen molar-refractivity contribution in [3.05, 3.63) is 148 Å². The summed E-state index contributed by atoms with van der Waals surface area (Å²) >= 11 is 13.0. The number of nitrogens with one attached hydrogen (secondary N) is 4. The summed E-state index contributed by atoms with van der Waals surface area (Å²) in [6.45, 7) is 3.34. The number of aromatic nitrogens is 7. The number of carbonyl (C=O) groups is 2. The molecule has 5 aromatic heterocycles. The van der Waals surface area contributed by atoms with Crippen LogP contribution in [-0.2, 0) is 6.54 Å². The van der Waals surface area contributed by atoms with Crippen LogP contribution in [0.5, 0.6) is 0 Å². The second-order valence-corrected chi connectivity index (χ2v) is 17.1. The van der Waals surface area contributed by atoms with Gasteiger partial charge < -0.3 is 21.3 Å². The molecule has 4 N–H and O–H groups in total. The van der Waals surface area contributed by atoms with E-state index in [0.717, 1.165) is 61.0 Å². The van der Waals surface area contributed by atoms with E-state index in [1.165, 1.54) is 24.3 Å². The van der Waals surface area contributed by atoms with Gasteiger partial charge in [0.05, 0.1) is 67.0 Å². The second kappa shape index (κ2) is 18.0. The molecule has 13 nitrogen and oxygen atoms in total. The molecule has 17 heteroatoms. The van der Waals surface area contributed by atoms with Crippen LogP contribution in [0, 0.1) is 11.6 Å². The first-order valence-electron chi connectivity index (χ1n) is 21.6. The Morgan fingerprint density at radius 2 is 1.14 bits per heavy atom.